The molecule has 1 fully saturated rings. The largest absolute Gasteiger partial charge is 0.496 e. The molecule has 0 saturated carbocycles. The maximum absolute atomic E-state index is 13.9. The highest BCUT2D eigenvalue weighted by Crippen LogP contribution is 2.35. The van der Waals surface area contributed by atoms with E-state index in [2.05, 4.69) is 5.32 Å². The average Bonchev–Trinajstić information content (AvgIpc) is 2.41. The first-order chi connectivity index (χ1) is 9.15. The lowest BCUT2D eigenvalue weighted by Gasteiger charge is -2.35. The number of alkyl halides is 2. The van der Waals surface area contributed by atoms with Gasteiger partial charge in [-0.05, 0) is 12.1 Å². The fourth-order valence-corrected chi connectivity index (χ4v) is 2.41. The monoisotopic (exact) mass is 346 g/mol. The standard InChI is InChI=1S/C13H17F3N2O.2ClH/c1-19-10-4-2-3-9(14)11(10)12(13(15)16)18-7-5-17-6-8-18;;/h2-4,12-13,17H,5-8H2,1H3;2*1H/t12-;;/m0../s1. The quantitative estimate of drug-likeness (QED) is 0.907. The van der Waals surface area contributed by atoms with Crippen molar-refractivity contribution in [2.75, 3.05) is 33.3 Å². The number of nitrogens with one attached hydrogen (secondary N) is 1. The zero-order chi connectivity index (χ0) is 13.8. The molecule has 3 nitrogen and oxygen atoms in total. The Hall–Kier alpha value is -0.690. The van der Waals surface area contributed by atoms with Gasteiger partial charge in [0.15, 0.2) is 0 Å². The third-order valence-corrected chi connectivity index (χ3v) is 3.31. The second kappa shape index (κ2) is 9.35. The molecule has 1 atom stereocenters. The van der Waals surface area contributed by atoms with Crippen molar-refractivity contribution in [1.82, 2.24) is 10.2 Å². The summed E-state index contributed by atoms with van der Waals surface area (Å²) >= 11 is 0. The minimum absolute atomic E-state index is 0. The van der Waals surface area contributed by atoms with Crippen molar-refractivity contribution < 1.29 is 17.9 Å². The lowest BCUT2D eigenvalue weighted by molar-refractivity contribution is 0.0152. The molecule has 122 valence electrons. The van der Waals surface area contributed by atoms with Gasteiger partial charge < -0.3 is 10.1 Å². The van der Waals surface area contributed by atoms with E-state index in [9.17, 15) is 13.2 Å². The number of methoxy groups -OCH3 is 1. The smallest absolute Gasteiger partial charge is 0.258 e. The molecule has 1 aromatic rings. The van der Waals surface area contributed by atoms with Gasteiger partial charge in [-0.1, -0.05) is 6.07 Å². The molecule has 0 radical (unpaired) electrons. The molecule has 21 heavy (non-hydrogen) atoms. The first-order valence-corrected chi connectivity index (χ1v) is 6.20. The summed E-state index contributed by atoms with van der Waals surface area (Å²) in [6, 6.07) is 2.89. The van der Waals surface area contributed by atoms with Gasteiger partial charge in [0.05, 0.1) is 12.7 Å². The third-order valence-electron chi connectivity index (χ3n) is 3.31. The summed E-state index contributed by atoms with van der Waals surface area (Å²) in [6.45, 7) is 2.18. The van der Waals surface area contributed by atoms with Gasteiger partial charge >= 0.3 is 0 Å². The Kier molecular flexibility index (Phi) is 9.04. The molecule has 8 heteroatoms. The van der Waals surface area contributed by atoms with Crippen LogP contribution in [-0.4, -0.2) is 44.6 Å². The summed E-state index contributed by atoms with van der Waals surface area (Å²) in [5, 5.41) is 3.09. The summed E-state index contributed by atoms with van der Waals surface area (Å²) in [5.74, 6) is -0.480. The van der Waals surface area contributed by atoms with Crippen LogP contribution in [0.15, 0.2) is 18.2 Å². The van der Waals surface area contributed by atoms with E-state index in [-0.39, 0.29) is 36.1 Å². The van der Waals surface area contributed by atoms with E-state index in [1.165, 1.54) is 25.3 Å². The molecule has 1 aliphatic heterocycles. The Morgan fingerprint density at radius 2 is 1.81 bits per heavy atom. The van der Waals surface area contributed by atoms with Crippen LogP contribution in [0.5, 0.6) is 5.75 Å². The number of piperazine rings is 1. The number of hydrogen-bond acceptors (Lipinski definition) is 3. The van der Waals surface area contributed by atoms with E-state index in [1.807, 2.05) is 0 Å². The van der Waals surface area contributed by atoms with Gasteiger partial charge in [0.2, 0.25) is 0 Å². The van der Waals surface area contributed by atoms with Crippen molar-refractivity contribution in [3.63, 3.8) is 0 Å². The van der Waals surface area contributed by atoms with Crippen LogP contribution in [0, 0.1) is 5.82 Å². The van der Waals surface area contributed by atoms with Crippen LogP contribution >= 0.6 is 24.8 Å². The van der Waals surface area contributed by atoms with E-state index in [0.29, 0.717) is 26.2 Å². The van der Waals surface area contributed by atoms with E-state index in [4.69, 9.17) is 4.74 Å². The zero-order valence-corrected chi connectivity index (χ0v) is 13.2. The minimum atomic E-state index is -2.66. The van der Waals surface area contributed by atoms with E-state index >= 15 is 0 Å². The molecule has 0 spiro atoms. The van der Waals surface area contributed by atoms with Crippen LogP contribution in [0.4, 0.5) is 13.2 Å². The lowest BCUT2D eigenvalue weighted by atomic mass is 10.0. The maximum atomic E-state index is 13.9. The third kappa shape index (κ3) is 4.64. The summed E-state index contributed by atoms with van der Waals surface area (Å²) < 4.78 is 45.7. The molecular weight excluding hydrogens is 328 g/mol. The van der Waals surface area contributed by atoms with Gasteiger partial charge in [-0.2, -0.15) is 0 Å². The van der Waals surface area contributed by atoms with Crippen LogP contribution in [0.25, 0.3) is 0 Å². The summed E-state index contributed by atoms with van der Waals surface area (Å²) in [6.07, 6.45) is -2.66. The molecule has 0 aliphatic carbocycles. The number of halogens is 5. The van der Waals surface area contributed by atoms with Gasteiger partial charge in [0, 0.05) is 26.2 Å². The number of benzene rings is 1. The van der Waals surface area contributed by atoms with Crippen LogP contribution < -0.4 is 10.1 Å². The van der Waals surface area contributed by atoms with Crippen LogP contribution in [-0.2, 0) is 0 Å². The fraction of sp³-hybridized carbons (Fsp3) is 0.538. The van der Waals surface area contributed by atoms with Gasteiger partial charge in [0.1, 0.15) is 17.6 Å². The zero-order valence-electron chi connectivity index (χ0n) is 11.5. The molecule has 1 N–H and O–H groups in total. The topological polar surface area (TPSA) is 24.5 Å². The summed E-state index contributed by atoms with van der Waals surface area (Å²) in [4.78, 5) is 1.60. The highest BCUT2D eigenvalue weighted by Gasteiger charge is 2.34. The first-order valence-electron chi connectivity index (χ1n) is 6.20. The summed E-state index contributed by atoms with van der Waals surface area (Å²) in [7, 11) is 1.36. The molecule has 0 amide bonds. The minimum Gasteiger partial charge on any atom is -0.496 e. The average molecular weight is 347 g/mol. The SMILES string of the molecule is COc1cccc(F)c1[C@@H](C(F)F)N1CCNCC1.Cl.Cl. The Balaban J connectivity index is 0.00000200. The summed E-state index contributed by atoms with van der Waals surface area (Å²) in [5.41, 5.74) is -0.0538. The fourth-order valence-electron chi connectivity index (χ4n) is 2.41. The van der Waals surface area contributed by atoms with E-state index < -0.39 is 18.3 Å². The van der Waals surface area contributed by atoms with Crippen molar-refractivity contribution in [3.05, 3.63) is 29.6 Å². The number of hydrogen-bond donors (Lipinski definition) is 1. The van der Waals surface area contributed by atoms with Crippen LogP contribution in [0.2, 0.25) is 0 Å². The van der Waals surface area contributed by atoms with Gasteiger partial charge in [-0.25, -0.2) is 13.2 Å². The van der Waals surface area contributed by atoms with Crippen molar-refractivity contribution in [1.29, 1.82) is 0 Å². The molecule has 0 unspecified atom stereocenters. The molecule has 2 rings (SSSR count). The number of nitrogens with zero attached hydrogens (tertiary/aromatic N) is 1. The van der Waals surface area contributed by atoms with Crippen LogP contribution in [0.1, 0.15) is 11.6 Å². The van der Waals surface area contributed by atoms with Gasteiger partial charge in [-0.3, -0.25) is 4.90 Å². The Morgan fingerprint density at radius 1 is 1.19 bits per heavy atom. The second-order valence-corrected chi connectivity index (χ2v) is 4.42. The number of rotatable bonds is 4. The van der Waals surface area contributed by atoms with E-state index in [1.54, 1.807) is 4.90 Å². The lowest BCUT2D eigenvalue weighted by Crippen LogP contribution is -2.47. The molecule has 1 aliphatic rings. The van der Waals surface area contributed by atoms with Crippen LogP contribution in [0.3, 0.4) is 0 Å². The predicted octanol–water partition coefficient (Wildman–Crippen LogP) is 2.89. The predicted molar refractivity (Wildman–Crippen MR) is 80.6 cm³/mol. The second-order valence-electron chi connectivity index (χ2n) is 4.42. The normalized spacial score (nSPS) is 16.8. The van der Waals surface area contributed by atoms with Crippen molar-refractivity contribution in [2.45, 2.75) is 12.5 Å². The Bertz CT molecular complexity index is 432. The van der Waals surface area contributed by atoms with Crippen molar-refractivity contribution in [2.24, 2.45) is 0 Å². The molecule has 1 aromatic carbocycles. The Morgan fingerprint density at radius 3 is 2.33 bits per heavy atom. The maximum Gasteiger partial charge on any atom is 0.258 e. The van der Waals surface area contributed by atoms with Crippen molar-refractivity contribution >= 4 is 24.8 Å². The molecule has 0 aromatic heterocycles. The first kappa shape index (κ1) is 20.3. The highest BCUT2D eigenvalue weighted by molar-refractivity contribution is 5.85. The Labute approximate surface area is 134 Å². The molecule has 1 saturated heterocycles. The van der Waals surface area contributed by atoms with Crippen molar-refractivity contribution in [3.8, 4) is 5.75 Å². The van der Waals surface area contributed by atoms with Gasteiger partial charge in [-0.15, -0.1) is 24.8 Å². The number of ether oxygens (including phenoxy) is 1. The molecule has 1 heterocycles. The highest BCUT2D eigenvalue weighted by atomic mass is 35.5. The van der Waals surface area contributed by atoms with E-state index in [0.717, 1.165) is 0 Å². The molecular formula is C13H19Cl2F3N2O. The molecule has 0 bridgehead atoms. The van der Waals surface area contributed by atoms with Gasteiger partial charge in [0.25, 0.3) is 6.43 Å².